The first kappa shape index (κ1) is 18.2. The Morgan fingerprint density at radius 2 is 2.00 bits per heavy atom. The zero-order valence-corrected chi connectivity index (χ0v) is 16.3. The summed E-state index contributed by atoms with van der Waals surface area (Å²) in [4.78, 5) is 29.2. The van der Waals surface area contributed by atoms with Crippen LogP contribution in [0.15, 0.2) is 29.0 Å². The second-order valence-electron chi connectivity index (χ2n) is 6.88. The van der Waals surface area contributed by atoms with Crippen LogP contribution in [0.25, 0.3) is 11.3 Å². The van der Waals surface area contributed by atoms with Gasteiger partial charge in [0.15, 0.2) is 0 Å². The molecule has 0 unspecified atom stereocenters. The highest BCUT2D eigenvalue weighted by atomic mass is 79.9. The molecule has 2 amide bonds. The second kappa shape index (κ2) is 7.44. The zero-order chi connectivity index (χ0) is 19.0. The monoisotopic (exact) mass is 433 g/mol. The number of fused-ring (bicyclic) bond motifs is 1. The van der Waals surface area contributed by atoms with Crippen molar-refractivity contribution >= 4 is 27.9 Å². The van der Waals surface area contributed by atoms with Crippen LogP contribution in [0.1, 0.15) is 28.9 Å². The van der Waals surface area contributed by atoms with Crippen molar-refractivity contribution in [2.45, 2.75) is 25.8 Å². The van der Waals surface area contributed by atoms with Crippen molar-refractivity contribution in [2.24, 2.45) is 5.92 Å². The lowest BCUT2D eigenvalue weighted by molar-refractivity contribution is 0.0606. The third kappa shape index (κ3) is 3.27. The van der Waals surface area contributed by atoms with Gasteiger partial charge in [-0.2, -0.15) is 0 Å². The maximum Gasteiger partial charge on any atom is 0.414 e. The van der Waals surface area contributed by atoms with Crippen LogP contribution in [0.2, 0.25) is 0 Å². The number of carboxylic acid groups (broad SMARTS) is 1. The molecule has 142 valence electrons. The summed E-state index contributed by atoms with van der Waals surface area (Å²) in [5, 5.41) is 9.34. The van der Waals surface area contributed by atoms with E-state index in [1.54, 1.807) is 12.4 Å². The van der Waals surface area contributed by atoms with Gasteiger partial charge in [0, 0.05) is 56.4 Å². The number of carbonyl (C=O) groups excluding carboxylic acids is 1. The number of pyridine rings is 1. The summed E-state index contributed by atoms with van der Waals surface area (Å²) >= 11 is 3.60. The molecule has 0 aliphatic carbocycles. The van der Waals surface area contributed by atoms with Gasteiger partial charge in [0.1, 0.15) is 0 Å². The highest BCUT2D eigenvalue weighted by molar-refractivity contribution is 9.10. The van der Waals surface area contributed by atoms with E-state index in [0.717, 1.165) is 54.5 Å². The fraction of sp³-hybridized carbons (Fsp3) is 0.421. The summed E-state index contributed by atoms with van der Waals surface area (Å²) in [5.41, 5.74) is 3.23. The number of imide groups is 1. The van der Waals surface area contributed by atoms with Gasteiger partial charge >= 0.3 is 6.09 Å². The van der Waals surface area contributed by atoms with Crippen LogP contribution in [0.4, 0.5) is 4.79 Å². The van der Waals surface area contributed by atoms with Gasteiger partial charge in [-0.05, 0) is 46.8 Å². The lowest BCUT2D eigenvalue weighted by Gasteiger charge is -2.27. The number of hydrogen-bond donors (Lipinski definition) is 1. The van der Waals surface area contributed by atoms with Gasteiger partial charge in [0.05, 0.1) is 15.7 Å². The highest BCUT2D eigenvalue weighted by Gasteiger charge is 2.36. The Kier molecular flexibility index (Phi) is 5.01. The Bertz CT molecular complexity index is 875. The van der Waals surface area contributed by atoms with Crippen molar-refractivity contribution in [3.8, 4) is 11.3 Å². The minimum absolute atomic E-state index is 0.182. The number of halogens is 1. The van der Waals surface area contributed by atoms with Crippen LogP contribution in [0.5, 0.6) is 0 Å². The van der Waals surface area contributed by atoms with Gasteiger partial charge in [0.2, 0.25) is 0 Å². The van der Waals surface area contributed by atoms with Crippen LogP contribution >= 0.6 is 15.9 Å². The molecule has 0 radical (unpaired) electrons. The molecule has 0 spiro atoms. The smallest absolute Gasteiger partial charge is 0.414 e. The molecule has 8 heteroatoms. The Morgan fingerprint density at radius 3 is 2.67 bits per heavy atom. The largest absolute Gasteiger partial charge is 0.465 e. The summed E-state index contributed by atoms with van der Waals surface area (Å²) in [6.07, 6.45) is 4.71. The molecule has 7 nitrogen and oxygen atoms in total. The Hall–Kier alpha value is -2.19. The van der Waals surface area contributed by atoms with Crippen LogP contribution in [-0.4, -0.2) is 51.3 Å². The zero-order valence-electron chi connectivity index (χ0n) is 14.7. The maximum absolute atomic E-state index is 12.8. The fourth-order valence-corrected chi connectivity index (χ4v) is 4.77. The Balaban J connectivity index is 1.83. The first-order valence-electron chi connectivity index (χ1n) is 9.01. The van der Waals surface area contributed by atoms with E-state index >= 15 is 0 Å². The standard InChI is InChI=1S/C19H20BrN3O4/c20-16-15-14(3-8-22(18(15)24)19(25)26)23(11-12-4-9-27-10-5-12)17(16)13-1-6-21-7-2-13/h1-2,6-7,12H,3-5,8-11H2,(H,25,26). The molecule has 1 saturated heterocycles. The van der Waals surface area contributed by atoms with E-state index in [0.29, 0.717) is 22.4 Å². The normalized spacial score (nSPS) is 17.8. The predicted molar refractivity (Wildman–Crippen MR) is 102 cm³/mol. The Morgan fingerprint density at radius 1 is 1.30 bits per heavy atom. The van der Waals surface area contributed by atoms with Crippen molar-refractivity contribution < 1.29 is 19.4 Å². The third-order valence-electron chi connectivity index (χ3n) is 5.31. The molecular weight excluding hydrogens is 414 g/mol. The molecule has 2 aliphatic heterocycles. The molecule has 2 aromatic heterocycles. The molecular formula is C19H20BrN3O4. The van der Waals surface area contributed by atoms with Gasteiger partial charge in [-0.1, -0.05) is 0 Å². The number of carbonyl (C=O) groups is 2. The van der Waals surface area contributed by atoms with Gasteiger partial charge in [0.25, 0.3) is 5.91 Å². The van der Waals surface area contributed by atoms with Crippen molar-refractivity contribution in [1.82, 2.24) is 14.5 Å². The van der Waals surface area contributed by atoms with E-state index in [9.17, 15) is 14.7 Å². The SMILES string of the molecule is O=C(O)N1CCc2c(c(Br)c(-c3ccncc3)n2CC2CCOCC2)C1=O. The highest BCUT2D eigenvalue weighted by Crippen LogP contribution is 2.39. The lowest BCUT2D eigenvalue weighted by Crippen LogP contribution is -2.41. The number of amides is 2. The van der Waals surface area contributed by atoms with E-state index < -0.39 is 12.0 Å². The topological polar surface area (TPSA) is 84.7 Å². The van der Waals surface area contributed by atoms with Crippen molar-refractivity contribution in [3.63, 3.8) is 0 Å². The van der Waals surface area contributed by atoms with E-state index in [2.05, 4.69) is 25.5 Å². The minimum atomic E-state index is -1.21. The molecule has 0 atom stereocenters. The van der Waals surface area contributed by atoms with Crippen LogP contribution in [0, 0.1) is 5.92 Å². The van der Waals surface area contributed by atoms with Crippen LogP contribution < -0.4 is 0 Å². The second-order valence-corrected chi connectivity index (χ2v) is 7.67. The molecule has 0 saturated carbocycles. The number of ether oxygens (including phenoxy) is 1. The average molecular weight is 434 g/mol. The van der Waals surface area contributed by atoms with Gasteiger partial charge < -0.3 is 14.4 Å². The Labute approximate surface area is 165 Å². The summed E-state index contributed by atoms with van der Waals surface area (Å²) in [6, 6.07) is 3.82. The van der Waals surface area contributed by atoms with E-state index in [1.165, 1.54) is 0 Å². The lowest BCUT2D eigenvalue weighted by atomic mass is 9.99. The van der Waals surface area contributed by atoms with Crippen molar-refractivity contribution in [2.75, 3.05) is 19.8 Å². The molecule has 0 bridgehead atoms. The van der Waals surface area contributed by atoms with E-state index in [-0.39, 0.29) is 6.54 Å². The molecule has 4 heterocycles. The first-order chi connectivity index (χ1) is 13.1. The number of nitrogens with zero attached hydrogens (tertiary/aromatic N) is 3. The quantitative estimate of drug-likeness (QED) is 0.801. The number of rotatable bonds is 3. The van der Waals surface area contributed by atoms with E-state index in [1.807, 2.05) is 12.1 Å². The first-order valence-corrected chi connectivity index (χ1v) is 9.81. The summed E-state index contributed by atoms with van der Waals surface area (Å²) in [7, 11) is 0. The van der Waals surface area contributed by atoms with Crippen molar-refractivity contribution in [3.05, 3.63) is 40.3 Å². The molecule has 4 rings (SSSR count). The fourth-order valence-electron chi connectivity index (χ4n) is 3.93. The minimum Gasteiger partial charge on any atom is -0.465 e. The molecule has 1 N–H and O–H groups in total. The molecule has 1 fully saturated rings. The predicted octanol–water partition coefficient (Wildman–Crippen LogP) is 3.42. The summed E-state index contributed by atoms with van der Waals surface area (Å²) < 4.78 is 8.33. The molecule has 2 aliphatic rings. The van der Waals surface area contributed by atoms with E-state index in [4.69, 9.17) is 4.74 Å². The summed E-state index contributed by atoms with van der Waals surface area (Å²) in [5.74, 6) is 0.00648. The van der Waals surface area contributed by atoms with Crippen molar-refractivity contribution in [1.29, 1.82) is 0 Å². The number of aromatic nitrogens is 2. The van der Waals surface area contributed by atoms with Gasteiger partial charge in [-0.15, -0.1) is 0 Å². The summed E-state index contributed by atoms with van der Waals surface area (Å²) in [6.45, 7) is 2.48. The van der Waals surface area contributed by atoms with Crippen LogP contribution in [0.3, 0.4) is 0 Å². The van der Waals surface area contributed by atoms with Crippen LogP contribution in [-0.2, 0) is 17.7 Å². The molecule has 2 aromatic rings. The van der Waals surface area contributed by atoms with Gasteiger partial charge in [-0.25, -0.2) is 9.69 Å². The molecule has 27 heavy (non-hydrogen) atoms. The average Bonchev–Trinajstić information content (AvgIpc) is 2.96. The molecule has 0 aromatic carbocycles. The third-order valence-corrected chi connectivity index (χ3v) is 6.08. The van der Waals surface area contributed by atoms with Gasteiger partial charge in [-0.3, -0.25) is 9.78 Å². The maximum atomic E-state index is 12.8. The number of hydrogen-bond acceptors (Lipinski definition) is 4.